The first-order valence-corrected chi connectivity index (χ1v) is 6.17. The molecule has 1 aliphatic heterocycles. The van der Waals surface area contributed by atoms with Crippen LogP contribution in [-0.4, -0.2) is 19.8 Å². The molecule has 1 N–H and O–H groups in total. The molecule has 1 aliphatic rings. The molecular formula is C12H16BrNO. The second-order valence-electron chi connectivity index (χ2n) is 3.99. The number of halogens is 1. The molecule has 15 heavy (non-hydrogen) atoms. The monoisotopic (exact) mass is 269 g/mol. The van der Waals surface area contributed by atoms with E-state index in [-0.39, 0.29) is 0 Å². The highest BCUT2D eigenvalue weighted by Gasteiger charge is 2.14. The second kappa shape index (κ2) is 5.64. The predicted octanol–water partition coefficient (Wildman–Crippen LogP) is 2.58. The molecular weight excluding hydrogens is 254 g/mol. The molecule has 0 aliphatic carbocycles. The van der Waals surface area contributed by atoms with Crippen molar-refractivity contribution in [1.29, 1.82) is 0 Å². The number of ether oxygens (including phenoxy) is 1. The van der Waals surface area contributed by atoms with Gasteiger partial charge < -0.3 is 10.1 Å². The number of hydrogen-bond acceptors (Lipinski definition) is 2. The van der Waals surface area contributed by atoms with Gasteiger partial charge in [-0.1, -0.05) is 28.1 Å². The number of rotatable bonds is 4. The smallest absolute Gasteiger partial charge is 0.0507 e. The van der Waals surface area contributed by atoms with Crippen LogP contribution in [-0.2, 0) is 11.3 Å². The van der Waals surface area contributed by atoms with Crippen molar-refractivity contribution < 1.29 is 4.74 Å². The summed E-state index contributed by atoms with van der Waals surface area (Å²) in [5.41, 5.74) is 1.33. The van der Waals surface area contributed by atoms with Crippen molar-refractivity contribution in [2.45, 2.75) is 13.0 Å². The van der Waals surface area contributed by atoms with E-state index < -0.39 is 0 Å². The zero-order chi connectivity index (χ0) is 10.5. The first-order chi connectivity index (χ1) is 7.34. The van der Waals surface area contributed by atoms with Crippen molar-refractivity contribution in [3.8, 4) is 0 Å². The second-order valence-corrected chi connectivity index (χ2v) is 4.90. The predicted molar refractivity (Wildman–Crippen MR) is 64.8 cm³/mol. The summed E-state index contributed by atoms with van der Waals surface area (Å²) in [5, 5.41) is 3.47. The van der Waals surface area contributed by atoms with Crippen LogP contribution in [0.5, 0.6) is 0 Å². The first-order valence-electron chi connectivity index (χ1n) is 5.37. The van der Waals surface area contributed by atoms with E-state index in [1.165, 1.54) is 12.0 Å². The van der Waals surface area contributed by atoms with Gasteiger partial charge in [-0.05, 0) is 30.0 Å². The Morgan fingerprint density at radius 3 is 2.80 bits per heavy atom. The lowest BCUT2D eigenvalue weighted by molar-refractivity contribution is 0.185. The molecule has 1 unspecified atom stereocenters. The van der Waals surface area contributed by atoms with Crippen LogP contribution in [0.25, 0.3) is 0 Å². The zero-order valence-corrected chi connectivity index (χ0v) is 10.3. The van der Waals surface area contributed by atoms with Crippen LogP contribution in [0.4, 0.5) is 0 Å². The Kier molecular flexibility index (Phi) is 4.18. The summed E-state index contributed by atoms with van der Waals surface area (Å²) in [6.07, 6.45) is 1.20. The largest absolute Gasteiger partial charge is 0.381 e. The Morgan fingerprint density at radius 1 is 1.33 bits per heavy atom. The minimum absolute atomic E-state index is 0.709. The summed E-state index contributed by atoms with van der Waals surface area (Å²) in [4.78, 5) is 0. The fraction of sp³-hybridized carbons (Fsp3) is 0.500. The minimum Gasteiger partial charge on any atom is -0.381 e. The highest BCUT2D eigenvalue weighted by Crippen LogP contribution is 2.12. The number of hydrogen-bond donors (Lipinski definition) is 1. The van der Waals surface area contributed by atoms with E-state index in [1.807, 2.05) is 0 Å². The fourth-order valence-electron chi connectivity index (χ4n) is 1.77. The Balaban J connectivity index is 1.71. The molecule has 1 atom stereocenters. The van der Waals surface area contributed by atoms with E-state index in [4.69, 9.17) is 4.74 Å². The summed E-state index contributed by atoms with van der Waals surface area (Å²) in [6, 6.07) is 8.44. The average Bonchev–Trinajstić information content (AvgIpc) is 2.74. The quantitative estimate of drug-likeness (QED) is 0.908. The maximum absolute atomic E-state index is 5.33. The van der Waals surface area contributed by atoms with E-state index >= 15 is 0 Å². The molecule has 1 aromatic rings. The van der Waals surface area contributed by atoms with Gasteiger partial charge in [0.2, 0.25) is 0 Å². The van der Waals surface area contributed by atoms with Crippen LogP contribution in [0, 0.1) is 5.92 Å². The van der Waals surface area contributed by atoms with E-state index in [0.29, 0.717) is 5.92 Å². The van der Waals surface area contributed by atoms with Gasteiger partial charge in [0.05, 0.1) is 6.61 Å². The Hall–Kier alpha value is -0.380. The molecule has 0 amide bonds. The molecule has 1 aromatic carbocycles. The third kappa shape index (κ3) is 3.59. The minimum atomic E-state index is 0.709. The lowest BCUT2D eigenvalue weighted by Crippen LogP contribution is -2.22. The highest BCUT2D eigenvalue weighted by molar-refractivity contribution is 9.10. The van der Waals surface area contributed by atoms with Crippen LogP contribution in [0.1, 0.15) is 12.0 Å². The van der Waals surface area contributed by atoms with Gasteiger partial charge in [-0.15, -0.1) is 0 Å². The molecule has 0 saturated carbocycles. The third-order valence-electron chi connectivity index (χ3n) is 2.70. The number of benzene rings is 1. The van der Waals surface area contributed by atoms with Gasteiger partial charge in [0.25, 0.3) is 0 Å². The van der Waals surface area contributed by atoms with Crippen molar-refractivity contribution >= 4 is 15.9 Å². The van der Waals surface area contributed by atoms with Gasteiger partial charge in [-0.3, -0.25) is 0 Å². The van der Waals surface area contributed by atoms with Crippen LogP contribution < -0.4 is 5.32 Å². The van der Waals surface area contributed by atoms with Crippen molar-refractivity contribution in [2.24, 2.45) is 5.92 Å². The van der Waals surface area contributed by atoms with Crippen molar-refractivity contribution in [3.05, 3.63) is 34.3 Å². The lowest BCUT2D eigenvalue weighted by atomic mass is 10.1. The molecule has 1 fully saturated rings. The Morgan fingerprint density at radius 2 is 2.13 bits per heavy atom. The van der Waals surface area contributed by atoms with Crippen LogP contribution in [0.15, 0.2) is 28.7 Å². The lowest BCUT2D eigenvalue weighted by Gasteiger charge is -2.09. The molecule has 1 heterocycles. The van der Waals surface area contributed by atoms with Crippen molar-refractivity contribution in [1.82, 2.24) is 5.32 Å². The topological polar surface area (TPSA) is 21.3 Å². The van der Waals surface area contributed by atoms with E-state index in [0.717, 1.165) is 30.8 Å². The molecule has 1 saturated heterocycles. The van der Waals surface area contributed by atoms with Gasteiger partial charge >= 0.3 is 0 Å². The van der Waals surface area contributed by atoms with E-state index in [1.54, 1.807) is 0 Å². The average molecular weight is 270 g/mol. The van der Waals surface area contributed by atoms with E-state index in [9.17, 15) is 0 Å². The van der Waals surface area contributed by atoms with Gasteiger partial charge in [0.15, 0.2) is 0 Å². The maximum atomic E-state index is 5.33. The van der Waals surface area contributed by atoms with Crippen molar-refractivity contribution in [3.63, 3.8) is 0 Å². The van der Waals surface area contributed by atoms with Gasteiger partial charge in [0.1, 0.15) is 0 Å². The summed E-state index contributed by atoms with van der Waals surface area (Å²) in [7, 11) is 0. The summed E-state index contributed by atoms with van der Waals surface area (Å²) in [6.45, 7) is 3.87. The molecule has 0 spiro atoms. The molecule has 0 radical (unpaired) electrons. The first kappa shape index (κ1) is 11.1. The highest BCUT2D eigenvalue weighted by atomic mass is 79.9. The standard InChI is InChI=1S/C12H16BrNO/c13-12-3-1-10(2-4-12)7-14-8-11-5-6-15-9-11/h1-4,11,14H,5-9H2. The fourth-order valence-corrected chi connectivity index (χ4v) is 2.03. The summed E-state index contributed by atoms with van der Waals surface area (Å²) < 4.78 is 6.46. The van der Waals surface area contributed by atoms with Crippen LogP contribution in [0.2, 0.25) is 0 Å². The molecule has 3 heteroatoms. The molecule has 2 nitrogen and oxygen atoms in total. The molecule has 0 bridgehead atoms. The van der Waals surface area contributed by atoms with Gasteiger partial charge in [-0.2, -0.15) is 0 Å². The third-order valence-corrected chi connectivity index (χ3v) is 3.23. The molecule has 0 aromatic heterocycles. The van der Waals surface area contributed by atoms with Crippen molar-refractivity contribution in [2.75, 3.05) is 19.8 Å². The van der Waals surface area contributed by atoms with E-state index in [2.05, 4.69) is 45.5 Å². The SMILES string of the molecule is Brc1ccc(CNCC2CCOC2)cc1. The normalized spacial score (nSPS) is 20.7. The maximum Gasteiger partial charge on any atom is 0.0507 e. The zero-order valence-electron chi connectivity index (χ0n) is 8.71. The van der Waals surface area contributed by atoms with Gasteiger partial charge in [0, 0.05) is 24.2 Å². The number of nitrogens with one attached hydrogen (secondary N) is 1. The van der Waals surface area contributed by atoms with Crippen LogP contribution >= 0.6 is 15.9 Å². The Labute approximate surface area is 99.1 Å². The molecule has 82 valence electrons. The summed E-state index contributed by atoms with van der Waals surface area (Å²) >= 11 is 3.43. The molecule has 2 rings (SSSR count). The summed E-state index contributed by atoms with van der Waals surface area (Å²) in [5.74, 6) is 0.709. The van der Waals surface area contributed by atoms with Gasteiger partial charge in [-0.25, -0.2) is 0 Å². The Bertz CT molecular complexity index is 293. The van der Waals surface area contributed by atoms with Crippen LogP contribution in [0.3, 0.4) is 0 Å².